The lowest BCUT2D eigenvalue weighted by Gasteiger charge is -2.22. The van der Waals surface area contributed by atoms with Crippen LogP contribution in [0.25, 0.3) is 0 Å². The SMILES string of the molecule is COCCOCCOCC1CCNCC1. The van der Waals surface area contributed by atoms with Crippen LogP contribution in [0.1, 0.15) is 12.8 Å². The van der Waals surface area contributed by atoms with Crippen molar-refractivity contribution in [3.8, 4) is 0 Å². The summed E-state index contributed by atoms with van der Waals surface area (Å²) in [6.45, 7) is 5.86. The minimum Gasteiger partial charge on any atom is -0.382 e. The lowest BCUT2D eigenvalue weighted by atomic mass is 9.99. The van der Waals surface area contributed by atoms with Crippen molar-refractivity contribution in [2.24, 2.45) is 5.92 Å². The molecule has 1 fully saturated rings. The third-order valence-electron chi connectivity index (χ3n) is 2.62. The third kappa shape index (κ3) is 6.84. The number of nitrogens with one attached hydrogen (secondary N) is 1. The number of hydrogen-bond acceptors (Lipinski definition) is 4. The van der Waals surface area contributed by atoms with Crippen LogP contribution in [0.4, 0.5) is 0 Å². The van der Waals surface area contributed by atoms with Crippen LogP contribution in [0.15, 0.2) is 0 Å². The number of hydrogen-bond donors (Lipinski definition) is 1. The zero-order chi connectivity index (χ0) is 10.8. The van der Waals surface area contributed by atoms with Gasteiger partial charge in [-0.1, -0.05) is 0 Å². The summed E-state index contributed by atoms with van der Waals surface area (Å²) in [5.41, 5.74) is 0. The summed E-state index contributed by atoms with van der Waals surface area (Å²) in [5, 5.41) is 3.35. The highest BCUT2D eigenvalue weighted by atomic mass is 16.5. The Kier molecular flexibility index (Phi) is 7.83. The molecule has 1 N–H and O–H groups in total. The van der Waals surface area contributed by atoms with Crippen LogP contribution in [0.2, 0.25) is 0 Å². The van der Waals surface area contributed by atoms with Crippen LogP contribution in [0.3, 0.4) is 0 Å². The summed E-state index contributed by atoms with van der Waals surface area (Å²) in [4.78, 5) is 0. The Morgan fingerprint density at radius 2 is 1.67 bits per heavy atom. The zero-order valence-electron chi connectivity index (χ0n) is 9.67. The topological polar surface area (TPSA) is 39.7 Å². The second-order valence-electron chi connectivity index (χ2n) is 3.87. The summed E-state index contributed by atoms with van der Waals surface area (Å²) in [6.07, 6.45) is 2.48. The molecule has 0 radical (unpaired) electrons. The van der Waals surface area contributed by atoms with Gasteiger partial charge in [0.1, 0.15) is 0 Å². The summed E-state index contributed by atoms with van der Waals surface area (Å²) >= 11 is 0. The maximum Gasteiger partial charge on any atom is 0.0701 e. The molecular weight excluding hydrogens is 194 g/mol. The van der Waals surface area contributed by atoms with Crippen LogP contribution >= 0.6 is 0 Å². The Hall–Kier alpha value is -0.160. The zero-order valence-corrected chi connectivity index (χ0v) is 9.67. The van der Waals surface area contributed by atoms with Crippen molar-refractivity contribution in [3.63, 3.8) is 0 Å². The van der Waals surface area contributed by atoms with Gasteiger partial charge in [-0.2, -0.15) is 0 Å². The standard InChI is InChI=1S/C11H23NO3/c1-13-6-7-14-8-9-15-10-11-2-4-12-5-3-11/h11-12H,2-10H2,1H3. The Balaban J connectivity index is 1.79. The molecule has 4 nitrogen and oxygen atoms in total. The molecular formula is C11H23NO3. The predicted molar refractivity (Wildman–Crippen MR) is 59.1 cm³/mol. The molecule has 0 aromatic rings. The molecule has 1 saturated heterocycles. The predicted octanol–water partition coefficient (Wildman–Crippen LogP) is 0.666. The first-order valence-corrected chi connectivity index (χ1v) is 5.78. The van der Waals surface area contributed by atoms with Crippen LogP contribution in [0, 0.1) is 5.92 Å². The summed E-state index contributed by atoms with van der Waals surface area (Å²) < 4.78 is 15.7. The van der Waals surface area contributed by atoms with Crippen molar-refractivity contribution in [2.45, 2.75) is 12.8 Å². The fourth-order valence-corrected chi connectivity index (χ4v) is 1.66. The Labute approximate surface area is 92.3 Å². The molecule has 0 saturated carbocycles. The summed E-state index contributed by atoms with van der Waals surface area (Å²) in [7, 11) is 1.68. The molecule has 15 heavy (non-hydrogen) atoms. The molecule has 0 unspecified atom stereocenters. The van der Waals surface area contributed by atoms with Crippen molar-refractivity contribution in [3.05, 3.63) is 0 Å². The first-order chi connectivity index (χ1) is 7.43. The average molecular weight is 217 g/mol. The minimum atomic E-state index is 0.660. The number of rotatable bonds is 8. The highest BCUT2D eigenvalue weighted by molar-refractivity contribution is 4.67. The molecule has 0 amide bonds. The van der Waals surface area contributed by atoms with E-state index < -0.39 is 0 Å². The van der Waals surface area contributed by atoms with E-state index in [4.69, 9.17) is 14.2 Å². The van der Waals surface area contributed by atoms with Gasteiger partial charge >= 0.3 is 0 Å². The van der Waals surface area contributed by atoms with E-state index >= 15 is 0 Å². The van der Waals surface area contributed by atoms with Crippen LogP contribution in [-0.2, 0) is 14.2 Å². The second-order valence-corrected chi connectivity index (χ2v) is 3.87. The lowest BCUT2D eigenvalue weighted by Crippen LogP contribution is -2.30. The average Bonchev–Trinajstić information content (AvgIpc) is 2.29. The van der Waals surface area contributed by atoms with Crippen LogP contribution in [0.5, 0.6) is 0 Å². The largest absolute Gasteiger partial charge is 0.382 e. The van der Waals surface area contributed by atoms with Crippen molar-refractivity contribution in [1.82, 2.24) is 5.32 Å². The van der Waals surface area contributed by atoms with E-state index in [1.165, 1.54) is 12.8 Å². The minimum absolute atomic E-state index is 0.660. The first-order valence-electron chi connectivity index (χ1n) is 5.78. The Morgan fingerprint density at radius 3 is 2.40 bits per heavy atom. The highest BCUT2D eigenvalue weighted by Crippen LogP contribution is 2.11. The Bertz CT molecular complexity index is 138. The van der Waals surface area contributed by atoms with Gasteiger partial charge in [0.2, 0.25) is 0 Å². The third-order valence-corrected chi connectivity index (χ3v) is 2.62. The summed E-state index contributed by atoms with van der Waals surface area (Å²) in [5.74, 6) is 0.741. The maximum absolute atomic E-state index is 5.56. The van der Waals surface area contributed by atoms with Gasteiger partial charge in [0.25, 0.3) is 0 Å². The van der Waals surface area contributed by atoms with Crippen molar-refractivity contribution in [2.75, 3.05) is 53.2 Å². The molecule has 90 valence electrons. The molecule has 1 heterocycles. The monoisotopic (exact) mass is 217 g/mol. The van der Waals surface area contributed by atoms with E-state index in [-0.39, 0.29) is 0 Å². The fourth-order valence-electron chi connectivity index (χ4n) is 1.66. The van der Waals surface area contributed by atoms with E-state index in [2.05, 4.69) is 5.32 Å². The molecule has 4 heteroatoms. The molecule has 0 bridgehead atoms. The molecule has 1 aliphatic rings. The van der Waals surface area contributed by atoms with Gasteiger partial charge in [-0.25, -0.2) is 0 Å². The quantitative estimate of drug-likeness (QED) is 0.606. The second kappa shape index (κ2) is 9.09. The van der Waals surface area contributed by atoms with Crippen LogP contribution in [-0.4, -0.2) is 53.2 Å². The first kappa shape index (κ1) is 12.9. The number of piperidine rings is 1. The van der Waals surface area contributed by atoms with Gasteiger partial charge in [0.05, 0.1) is 26.4 Å². The van der Waals surface area contributed by atoms with Crippen molar-refractivity contribution < 1.29 is 14.2 Å². The van der Waals surface area contributed by atoms with Gasteiger partial charge in [-0.15, -0.1) is 0 Å². The maximum atomic E-state index is 5.56. The summed E-state index contributed by atoms with van der Waals surface area (Å²) in [6, 6.07) is 0. The van der Waals surface area contributed by atoms with Gasteiger partial charge in [-0.3, -0.25) is 0 Å². The van der Waals surface area contributed by atoms with Gasteiger partial charge in [0, 0.05) is 13.7 Å². The van der Waals surface area contributed by atoms with E-state index in [0.29, 0.717) is 26.4 Å². The number of methoxy groups -OCH3 is 1. The lowest BCUT2D eigenvalue weighted by molar-refractivity contribution is 0.0126. The van der Waals surface area contributed by atoms with E-state index in [1.54, 1.807) is 7.11 Å². The van der Waals surface area contributed by atoms with Gasteiger partial charge in [-0.05, 0) is 31.8 Å². The van der Waals surface area contributed by atoms with Crippen molar-refractivity contribution in [1.29, 1.82) is 0 Å². The molecule has 0 atom stereocenters. The van der Waals surface area contributed by atoms with E-state index in [9.17, 15) is 0 Å². The van der Waals surface area contributed by atoms with Gasteiger partial charge < -0.3 is 19.5 Å². The van der Waals surface area contributed by atoms with Gasteiger partial charge in [0.15, 0.2) is 0 Å². The molecule has 0 aromatic heterocycles. The fraction of sp³-hybridized carbons (Fsp3) is 1.00. The van der Waals surface area contributed by atoms with Crippen LogP contribution < -0.4 is 5.32 Å². The molecule has 1 aliphatic heterocycles. The smallest absolute Gasteiger partial charge is 0.0701 e. The molecule has 0 aliphatic carbocycles. The number of ether oxygens (including phenoxy) is 3. The van der Waals surface area contributed by atoms with E-state index in [0.717, 1.165) is 25.6 Å². The normalized spacial score (nSPS) is 18.2. The van der Waals surface area contributed by atoms with Crippen molar-refractivity contribution >= 4 is 0 Å². The van der Waals surface area contributed by atoms with E-state index in [1.807, 2.05) is 0 Å². The Morgan fingerprint density at radius 1 is 1.00 bits per heavy atom. The highest BCUT2D eigenvalue weighted by Gasteiger charge is 2.12. The molecule has 0 spiro atoms. The molecule has 0 aromatic carbocycles. The molecule has 1 rings (SSSR count).